The summed E-state index contributed by atoms with van der Waals surface area (Å²) in [5, 5.41) is 0. The van der Waals surface area contributed by atoms with E-state index in [1.54, 1.807) is 5.71 Å². The fraction of sp³-hybridized carbons (Fsp3) is 0.875. The molecular formula is C8H19N2Si+. The fourth-order valence-corrected chi connectivity index (χ4v) is 3.54. The van der Waals surface area contributed by atoms with Crippen molar-refractivity contribution in [2.24, 2.45) is 0 Å². The molecule has 0 saturated carbocycles. The molecule has 0 amide bonds. The molecule has 3 heteroatoms. The Balaban J connectivity index is 2.68. The zero-order valence-corrected chi connectivity index (χ0v) is 9.51. The summed E-state index contributed by atoms with van der Waals surface area (Å²) in [5.41, 5.74) is 1.58. The monoisotopic (exact) mass is 171 g/mol. The van der Waals surface area contributed by atoms with Gasteiger partial charge in [-0.15, -0.1) is 0 Å². The molecule has 0 aromatic carbocycles. The Morgan fingerprint density at radius 2 is 2.18 bits per heavy atom. The summed E-state index contributed by atoms with van der Waals surface area (Å²) >= 11 is 0. The summed E-state index contributed by atoms with van der Waals surface area (Å²) < 4.78 is 5.20. The average molecular weight is 171 g/mol. The lowest BCUT2D eigenvalue weighted by molar-refractivity contribution is -0.377. The Morgan fingerprint density at radius 1 is 1.55 bits per heavy atom. The lowest BCUT2D eigenvalue weighted by atomic mass is 10.2. The molecule has 1 aliphatic rings. The molecule has 64 valence electrons. The second kappa shape index (κ2) is 3.50. The molecule has 0 bridgehead atoms. The summed E-state index contributed by atoms with van der Waals surface area (Å²) in [4.78, 5) is 0. The number of nitrogens with zero attached hydrogens (tertiary/aromatic N) is 2. The van der Waals surface area contributed by atoms with Crippen molar-refractivity contribution in [1.82, 2.24) is 4.57 Å². The highest BCUT2D eigenvalue weighted by atomic mass is 28.2. The van der Waals surface area contributed by atoms with Crippen LogP contribution in [0, 0.1) is 0 Å². The van der Waals surface area contributed by atoms with Crippen molar-refractivity contribution < 1.29 is 4.24 Å². The molecule has 1 heterocycles. The summed E-state index contributed by atoms with van der Waals surface area (Å²) in [6, 6.07) is 0.714. The maximum atomic E-state index is 2.62. The molecule has 1 aliphatic heterocycles. The van der Waals surface area contributed by atoms with Crippen LogP contribution in [0.5, 0.6) is 0 Å². The molecule has 1 rings (SSSR count). The molecule has 1 atom stereocenters. The van der Waals surface area contributed by atoms with Gasteiger partial charge in [-0.2, -0.15) is 0 Å². The average Bonchev–Trinajstić information content (AvgIpc) is 2.30. The fourth-order valence-electron chi connectivity index (χ4n) is 1.70. The molecule has 1 unspecified atom stereocenters. The summed E-state index contributed by atoms with van der Waals surface area (Å²) in [6.07, 6.45) is 0. The number of hydrogen-bond donors (Lipinski definition) is 0. The second-order valence-corrected chi connectivity index (χ2v) is 5.08. The molecule has 0 aromatic heterocycles. The molecule has 0 spiro atoms. The molecule has 11 heavy (non-hydrogen) atoms. The van der Waals surface area contributed by atoms with Crippen LogP contribution >= 0.6 is 0 Å². The molecule has 0 aliphatic carbocycles. The molecule has 2 nitrogen and oxygen atoms in total. The van der Waals surface area contributed by atoms with Gasteiger partial charge >= 0.3 is 9.84 Å². The Kier molecular flexibility index (Phi) is 2.84. The van der Waals surface area contributed by atoms with E-state index >= 15 is 0 Å². The van der Waals surface area contributed by atoms with Crippen LogP contribution in [0.2, 0.25) is 0 Å². The minimum absolute atomic E-state index is 0.0941. The highest BCUT2D eigenvalue weighted by molar-refractivity contribution is 6.27. The van der Waals surface area contributed by atoms with E-state index in [-0.39, 0.29) is 9.84 Å². The van der Waals surface area contributed by atoms with Crippen LogP contribution < -0.4 is 0 Å². The van der Waals surface area contributed by atoms with Gasteiger partial charge in [0.05, 0.1) is 6.04 Å². The first-order valence-corrected chi connectivity index (χ1v) is 5.79. The van der Waals surface area contributed by atoms with Crippen LogP contribution in [0.1, 0.15) is 27.7 Å². The zero-order valence-electron chi connectivity index (χ0n) is 8.09. The van der Waals surface area contributed by atoms with Gasteiger partial charge in [-0.3, -0.25) is 4.57 Å². The third-order valence-corrected chi connectivity index (χ3v) is 5.44. The first-order chi connectivity index (χ1) is 5.20. The Labute approximate surface area is 71.9 Å². The molecular weight excluding hydrogens is 152 g/mol. The van der Waals surface area contributed by atoms with Gasteiger partial charge in [0.25, 0.3) is 0 Å². The quantitative estimate of drug-likeness (QED) is 0.538. The van der Waals surface area contributed by atoms with E-state index in [1.807, 2.05) is 0 Å². The van der Waals surface area contributed by atoms with E-state index in [4.69, 9.17) is 0 Å². The van der Waals surface area contributed by atoms with E-state index in [9.17, 15) is 0 Å². The van der Waals surface area contributed by atoms with Crippen LogP contribution in [0.4, 0.5) is 0 Å². The zero-order chi connectivity index (χ0) is 8.43. The third kappa shape index (κ3) is 1.54. The van der Waals surface area contributed by atoms with Gasteiger partial charge in [-0.25, -0.2) is 0 Å². The van der Waals surface area contributed by atoms with Gasteiger partial charge in [0, 0.05) is 6.92 Å². The van der Waals surface area contributed by atoms with E-state index in [2.05, 4.69) is 36.5 Å². The SMILES string of the molecule is CCN1[SiH2][N+](CC)=C(C)C1C. The predicted molar refractivity (Wildman–Crippen MR) is 51.9 cm³/mol. The first-order valence-electron chi connectivity index (χ1n) is 4.53. The van der Waals surface area contributed by atoms with Crippen molar-refractivity contribution >= 4 is 15.6 Å². The standard InChI is InChI=1S/C8H19N2Si/c1-5-9-7(3)8(4)10(6-2)11-9/h7H,5-6,11H2,1-4H3/q+1. The van der Waals surface area contributed by atoms with Crippen molar-refractivity contribution in [3.8, 4) is 0 Å². The Hall–Kier alpha value is -0.153. The molecule has 0 N–H and O–H groups in total. The number of rotatable bonds is 2. The molecule has 0 fully saturated rings. The Morgan fingerprint density at radius 3 is 2.45 bits per heavy atom. The summed E-state index contributed by atoms with van der Waals surface area (Å²) in [6.45, 7) is 11.5. The third-order valence-electron chi connectivity index (χ3n) is 2.79. The van der Waals surface area contributed by atoms with E-state index in [0.717, 1.165) is 0 Å². The maximum Gasteiger partial charge on any atom is 0.413 e. The van der Waals surface area contributed by atoms with Crippen LogP contribution in [-0.2, 0) is 0 Å². The topological polar surface area (TPSA) is 6.25 Å². The van der Waals surface area contributed by atoms with Gasteiger partial charge in [-0.1, -0.05) is 6.92 Å². The van der Waals surface area contributed by atoms with Crippen LogP contribution in [-0.4, -0.2) is 43.5 Å². The lowest BCUT2D eigenvalue weighted by Gasteiger charge is -2.12. The van der Waals surface area contributed by atoms with Gasteiger partial charge < -0.3 is 4.24 Å². The molecule has 0 saturated heterocycles. The normalized spacial score (nSPS) is 28.9. The first kappa shape index (κ1) is 8.94. The van der Waals surface area contributed by atoms with Gasteiger partial charge in [0.15, 0.2) is 0 Å². The summed E-state index contributed by atoms with van der Waals surface area (Å²) in [7, 11) is -0.0941. The molecule has 0 radical (unpaired) electrons. The largest absolute Gasteiger partial charge is 0.413 e. The van der Waals surface area contributed by atoms with E-state index in [1.165, 1.54) is 13.1 Å². The van der Waals surface area contributed by atoms with Crippen molar-refractivity contribution in [2.75, 3.05) is 13.1 Å². The van der Waals surface area contributed by atoms with Crippen LogP contribution in [0.3, 0.4) is 0 Å². The summed E-state index contributed by atoms with van der Waals surface area (Å²) in [5.74, 6) is 0. The highest BCUT2D eigenvalue weighted by Crippen LogP contribution is 2.06. The molecule has 0 aromatic rings. The van der Waals surface area contributed by atoms with Crippen LogP contribution in [0.25, 0.3) is 0 Å². The van der Waals surface area contributed by atoms with Crippen molar-refractivity contribution in [2.45, 2.75) is 33.7 Å². The lowest BCUT2D eigenvalue weighted by Crippen LogP contribution is -2.34. The predicted octanol–water partition coefficient (Wildman–Crippen LogP) is 0.202. The van der Waals surface area contributed by atoms with Gasteiger partial charge in [0.2, 0.25) is 0 Å². The highest BCUT2D eigenvalue weighted by Gasteiger charge is 2.31. The van der Waals surface area contributed by atoms with E-state index in [0.29, 0.717) is 6.04 Å². The second-order valence-electron chi connectivity index (χ2n) is 3.22. The minimum atomic E-state index is -0.0941. The van der Waals surface area contributed by atoms with E-state index < -0.39 is 0 Å². The maximum absolute atomic E-state index is 2.62. The number of hydrogen-bond acceptors (Lipinski definition) is 1. The van der Waals surface area contributed by atoms with Gasteiger partial charge in [-0.05, 0) is 20.4 Å². The smallest absolute Gasteiger partial charge is 0.302 e. The van der Waals surface area contributed by atoms with Crippen LogP contribution in [0.15, 0.2) is 0 Å². The van der Waals surface area contributed by atoms with Crippen molar-refractivity contribution in [3.63, 3.8) is 0 Å². The van der Waals surface area contributed by atoms with Crippen molar-refractivity contribution in [3.05, 3.63) is 0 Å². The minimum Gasteiger partial charge on any atom is -0.302 e. The van der Waals surface area contributed by atoms with Gasteiger partial charge in [0.1, 0.15) is 12.3 Å². The Bertz CT molecular complexity index is 177. The van der Waals surface area contributed by atoms with Crippen molar-refractivity contribution in [1.29, 1.82) is 0 Å².